The molecule has 3 heterocycles. The van der Waals surface area contributed by atoms with Gasteiger partial charge in [-0.3, -0.25) is 14.6 Å². The van der Waals surface area contributed by atoms with Crippen LogP contribution in [-0.2, 0) is 0 Å². The molecule has 0 saturated carbocycles. The van der Waals surface area contributed by atoms with E-state index >= 15 is 0 Å². The Morgan fingerprint density at radius 2 is 1.62 bits per heavy atom. The molecule has 152 valence electrons. The second-order valence-electron chi connectivity index (χ2n) is 8.17. The van der Waals surface area contributed by atoms with Crippen LogP contribution in [0.5, 0.6) is 5.75 Å². The van der Waals surface area contributed by atoms with Crippen molar-refractivity contribution >= 4 is 11.8 Å². The van der Waals surface area contributed by atoms with Gasteiger partial charge >= 0.3 is 0 Å². The lowest BCUT2D eigenvalue weighted by Crippen LogP contribution is -2.52. The van der Waals surface area contributed by atoms with Crippen LogP contribution in [0.25, 0.3) is 0 Å². The monoisotopic (exact) mass is 393 g/mol. The molecule has 0 spiro atoms. The molecule has 1 unspecified atom stereocenters. The summed E-state index contributed by atoms with van der Waals surface area (Å²) in [7, 11) is 0. The van der Waals surface area contributed by atoms with Gasteiger partial charge in [0.05, 0.1) is 6.10 Å². The molecular formula is C23H27N3O3. The molecule has 2 saturated heterocycles. The zero-order valence-electron chi connectivity index (χ0n) is 16.9. The number of pyridine rings is 1. The van der Waals surface area contributed by atoms with E-state index in [0.29, 0.717) is 11.1 Å². The summed E-state index contributed by atoms with van der Waals surface area (Å²) in [6, 6.07) is 11.3. The van der Waals surface area contributed by atoms with Crippen LogP contribution in [0.2, 0.25) is 0 Å². The van der Waals surface area contributed by atoms with Gasteiger partial charge in [0.2, 0.25) is 0 Å². The van der Waals surface area contributed by atoms with Crippen LogP contribution in [-0.4, -0.2) is 45.9 Å². The Hall–Kier alpha value is -2.89. The normalized spacial score (nSPS) is 23.1. The zero-order chi connectivity index (χ0) is 20.4. The fourth-order valence-electron chi connectivity index (χ4n) is 4.50. The molecular weight excluding hydrogens is 366 g/mol. The van der Waals surface area contributed by atoms with E-state index in [1.54, 1.807) is 24.5 Å². The number of nitrogens with one attached hydrogen (secondary N) is 1. The van der Waals surface area contributed by atoms with Gasteiger partial charge in [0.25, 0.3) is 11.8 Å². The van der Waals surface area contributed by atoms with Crippen molar-refractivity contribution in [2.45, 2.75) is 63.8 Å². The molecule has 2 aromatic rings. The summed E-state index contributed by atoms with van der Waals surface area (Å²) in [5.74, 6) is 0.780. The van der Waals surface area contributed by atoms with Crippen molar-refractivity contribution < 1.29 is 14.3 Å². The van der Waals surface area contributed by atoms with E-state index in [-0.39, 0.29) is 36.0 Å². The number of benzene rings is 1. The summed E-state index contributed by atoms with van der Waals surface area (Å²) in [6.07, 6.45) is 6.93. The molecule has 1 aromatic carbocycles. The number of nitrogens with zero attached hydrogens (tertiary/aromatic N) is 2. The van der Waals surface area contributed by atoms with Crippen LogP contribution < -0.4 is 10.1 Å². The number of fused-ring (bicyclic) bond motifs is 2. The smallest absolute Gasteiger partial charge is 0.254 e. The van der Waals surface area contributed by atoms with Gasteiger partial charge in [-0.15, -0.1) is 0 Å². The number of piperidine rings is 1. The van der Waals surface area contributed by atoms with E-state index in [2.05, 4.69) is 10.3 Å². The van der Waals surface area contributed by atoms with Gasteiger partial charge in [0.1, 0.15) is 5.75 Å². The molecule has 0 aliphatic carbocycles. The largest absolute Gasteiger partial charge is 0.491 e. The number of hydrogen-bond donors (Lipinski definition) is 1. The summed E-state index contributed by atoms with van der Waals surface area (Å²) < 4.78 is 5.67. The lowest BCUT2D eigenvalue weighted by Gasteiger charge is -2.39. The van der Waals surface area contributed by atoms with Crippen molar-refractivity contribution in [3.8, 4) is 5.75 Å². The third-order valence-corrected chi connectivity index (χ3v) is 5.72. The highest BCUT2D eigenvalue weighted by Gasteiger charge is 2.43. The van der Waals surface area contributed by atoms with Gasteiger partial charge in [0.15, 0.2) is 0 Å². The minimum absolute atomic E-state index is 0.0719. The molecule has 0 radical (unpaired) electrons. The van der Waals surface area contributed by atoms with Crippen molar-refractivity contribution in [1.82, 2.24) is 15.2 Å². The van der Waals surface area contributed by atoms with E-state index in [4.69, 9.17) is 4.74 Å². The van der Waals surface area contributed by atoms with Gasteiger partial charge in [-0.1, -0.05) is 0 Å². The minimum Gasteiger partial charge on any atom is -0.491 e. The number of carbonyl (C=O) groups is 2. The molecule has 6 heteroatoms. The molecule has 2 amide bonds. The standard InChI is InChI=1S/C23H27N3O3/c1-15(2)29-21-7-3-17(4-8-21)23(28)26-19-5-6-20(26)14-18(13-19)25-22(27)16-9-11-24-12-10-16/h3-4,7-12,15,18-20H,5-6,13-14H2,1-2H3,(H,25,27)/t18?,19-,20+. The third-order valence-electron chi connectivity index (χ3n) is 5.72. The third kappa shape index (κ3) is 4.26. The van der Waals surface area contributed by atoms with Crippen molar-refractivity contribution in [1.29, 1.82) is 0 Å². The summed E-state index contributed by atoms with van der Waals surface area (Å²) in [5, 5.41) is 3.14. The van der Waals surface area contributed by atoms with E-state index in [9.17, 15) is 9.59 Å². The summed E-state index contributed by atoms with van der Waals surface area (Å²) in [4.78, 5) is 31.6. The lowest BCUT2D eigenvalue weighted by atomic mass is 9.96. The average molecular weight is 393 g/mol. The Morgan fingerprint density at radius 3 is 2.21 bits per heavy atom. The Balaban J connectivity index is 1.40. The van der Waals surface area contributed by atoms with Crippen LogP contribution in [0.4, 0.5) is 0 Å². The first-order valence-electron chi connectivity index (χ1n) is 10.3. The fraction of sp³-hybridized carbons (Fsp3) is 0.435. The maximum atomic E-state index is 13.1. The molecule has 3 atom stereocenters. The molecule has 6 nitrogen and oxygen atoms in total. The number of carbonyl (C=O) groups excluding carboxylic acids is 2. The molecule has 2 fully saturated rings. The number of ether oxygens (including phenoxy) is 1. The van der Waals surface area contributed by atoms with Crippen LogP contribution in [0.1, 0.15) is 60.2 Å². The number of amides is 2. The molecule has 4 rings (SSSR count). The van der Waals surface area contributed by atoms with Crippen molar-refractivity contribution in [2.24, 2.45) is 0 Å². The fourth-order valence-corrected chi connectivity index (χ4v) is 4.50. The SMILES string of the molecule is CC(C)Oc1ccc(C(=O)N2[C@@H]3CC[C@H]2CC(NC(=O)c2ccncc2)C3)cc1. The van der Waals surface area contributed by atoms with Crippen molar-refractivity contribution in [3.05, 3.63) is 59.9 Å². The van der Waals surface area contributed by atoms with E-state index in [1.165, 1.54) is 0 Å². The molecule has 2 aliphatic heterocycles. The van der Waals surface area contributed by atoms with E-state index in [0.717, 1.165) is 31.4 Å². The Morgan fingerprint density at radius 1 is 1.00 bits per heavy atom. The summed E-state index contributed by atoms with van der Waals surface area (Å²) in [6.45, 7) is 3.96. The quantitative estimate of drug-likeness (QED) is 0.845. The topological polar surface area (TPSA) is 71.5 Å². The van der Waals surface area contributed by atoms with Crippen LogP contribution in [0.3, 0.4) is 0 Å². The molecule has 29 heavy (non-hydrogen) atoms. The summed E-state index contributed by atoms with van der Waals surface area (Å²) in [5.41, 5.74) is 1.31. The second kappa shape index (κ2) is 8.23. The Bertz CT molecular complexity index is 853. The Labute approximate surface area is 171 Å². The zero-order valence-corrected chi connectivity index (χ0v) is 16.9. The first-order chi connectivity index (χ1) is 14.0. The first kappa shape index (κ1) is 19.4. The maximum Gasteiger partial charge on any atom is 0.254 e. The van der Waals surface area contributed by atoms with Gasteiger partial charge in [-0.05, 0) is 75.9 Å². The lowest BCUT2D eigenvalue weighted by molar-refractivity contribution is 0.0549. The van der Waals surface area contributed by atoms with Gasteiger partial charge in [-0.25, -0.2) is 0 Å². The van der Waals surface area contributed by atoms with Crippen LogP contribution in [0, 0.1) is 0 Å². The molecule has 2 bridgehead atoms. The van der Waals surface area contributed by atoms with Crippen LogP contribution >= 0.6 is 0 Å². The predicted octanol–water partition coefficient (Wildman–Crippen LogP) is 3.43. The second-order valence-corrected chi connectivity index (χ2v) is 8.17. The predicted molar refractivity (Wildman–Crippen MR) is 110 cm³/mol. The Kier molecular flexibility index (Phi) is 5.51. The highest BCUT2D eigenvalue weighted by atomic mass is 16.5. The highest BCUT2D eigenvalue weighted by Crippen LogP contribution is 2.37. The minimum atomic E-state index is -0.0719. The van der Waals surface area contributed by atoms with Gasteiger partial charge in [-0.2, -0.15) is 0 Å². The highest BCUT2D eigenvalue weighted by molar-refractivity contribution is 5.95. The van der Waals surface area contributed by atoms with Crippen molar-refractivity contribution in [3.63, 3.8) is 0 Å². The molecule has 1 aromatic heterocycles. The summed E-state index contributed by atoms with van der Waals surface area (Å²) >= 11 is 0. The number of rotatable bonds is 5. The maximum absolute atomic E-state index is 13.1. The van der Waals surface area contributed by atoms with E-state index < -0.39 is 0 Å². The number of aromatic nitrogens is 1. The van der Waals surface area contributed by atoms with Crippen LogP contribution in [0.15, 0.2) is 48.8 Å². The first-order valence-corrected chi connectivity index (χ1v) is 10.3. The van der Waals surface area contributed by atoms with Gasteiger partial charge < -0.3 is 15.0 Å². The average Bonchev–Trinajstić information content (AvgIpc) is 2.98. The van der Waals surface area contributed by atoms with E-state index in [1.807, 2.05) is 43.0 Å². The molecule has 2 aliphatic rings. The van der Waals surface area contributed by atoms with Gasteiger partial charge in [0, 0.05) is 41.6 Å². The van der Waals surface area contributed by atoms with Crippen molar-refractivity contribution in [2.75, 3.05) is 0 Å². The number of hydrogen-bond acceptors (Lipinski definition) is 4. The molecule has 1 N–H and O–H groups in total.